The quantitative estimate of drug-likeness (QED) is 0.482. The fourth-order valence-corrected chi connectivity index (χ4v) is 2.80. The molecule has 7 heteroatoms. The summed E-state index contributed by atoms with van der Waals surface area (Å²) in [5, 5.41) is 14.7. The number of hydrazone groups is 1. The Bertz CT molecular complexity index is 933. The summed E-state index contributed by atoms with van der Waals surface area (Å²) in [6.07, 6.45) is 1.56. The molecule has 0 aliphatic carbocycles. The van der Waals surface area contributed by atoms with Crippen molar-refractivity contribution in [3.8, 4) is 5.75 Å². The number of hydrogen-bond acceptors (Lipinski definition) is 5. The van der Waals surface area contributed by atoms with Crippen LogP contribution in [0.3, 0.4) is 0 Å². The first kappa shape index (κ1) is 18.3. The molecule has 1 aromatic heterocycles. The maximum Gasteiger partial charge on any atom is 0.335 e. The van der Waals surface area contributed by atoms with Crippen LogP contribution in [0.5, 0.6) is 5.75 Å². The molecule has 1 amide bonds. The Kier molecular flexibility index (Phi) is 5.96. The summed E-state index contributed by atoms with van der Waals surface area (Å²) in [4.78, 5) is 23.2. The van der Waals surface area contributed by atoms with Crippen LogP contribution in [0.1, 0.15) is 31.2 Å². The van der Waals surface area contributed by atoms with E-state index in [0.29, 0.717) is 17.2 Å². The smallest absolute Gasteiger partial charge is 0.335 e. The van der Waals surface area contributed by atoms with Crippen LogP contribution >= 0.6 is 11.3 Å². The van der Waals surface area contributed by atoms with Crippen LogP contribution < -0.4 is 10.2 Å². The topological polar surface area (TPSA) is 88.0 Å². The second-order valence-corrected chi connectivity index (χ2v) is 6.48. The number of hydrogen-bond donors (Lipinski definition) is 2. The number of nitrogens with one attached hydrogen (secondary N) is 1. The van der Waals surface area contributed by atoms with E-state index < -0.39 is 5.97 Å². The molecular weight excluding hydrogens is 364 g/mol. The van der Waals surface area contributed by atoms with E-state index in [1.165, 1.54) is 11.3 Å². The third kappa shape index (κ3) is 5.26. The van der Waals surface area contributed by atoms with Gasteiger partial charge in [0, 0.05) is 0 Å². The van der Waals surface area contributed by atoms with Gasteiger partial charge < -0.3 is 9.84 Å². The van der Waals surface area contributed by atoms with E-state index in [4.69, 9.17) is 9.84 Å². The number of ether oxygens (including phenoxy) is 1. The minimum absolute atomic E-state index is 0.241. The Balaban J connectivity index is 1.50. The fraction of sp³-hybridized carbons (Fsp3) is 0.0500. The average molecular weight is 380 g/mol. The summed E-state index contributed by atoms with van der Waals surface area (Å²) < 4.78 is 5.68. The molecule has 0 aliphatic heterocycles. The number of carboxylic acid groups (broad SMARTS) is 1. The standard InChI is InChI=1S/C20H16N2O4S/c23-19(18-2-1-11-27-18)22-21-12-14-5-9-17(10-6-14)26-13-15-3-7-16(8-4-15)20(24)25/h1-12H,13H2,(H,22,23)(H,24,25)/b21-12-. The van der Waals surface area contributed by atoms with Crippen molar-refractivity contribution in [3.05, 3.63) is 87.6 Å². The lowest BCUT2D eigenvalue weighted by Gasteiger charge is -2.07. The molecule has 6 nitrogen and oxygen atoms in total. The molecule has 0 aliphatic rings. The summed E-state index contributed by atoms with van der Waals surface area (Å²) in [5.74, 6) is -0.515. The Hall–Kier alpha value is -3.45. The van der Waals surface area contributed by atoms with Gasteiger partial charge in [0.1, 0.15) is 12.4 Å². The number of carbonyl (C=O) groups excluding carboxylic acids is 1. The Morgan fingerprint density at radius 2 is 1.81 bits per heavy atom. The van der Waals surface area contributed by atoms with Crippen molar-refractivity contribution < 1.29 is 19.4 Å². The second kappa shape index (κ2) is 8.77. The van der Waals surface area contributed by atoms with Crippen molar-refractivity contribution in [3.63, 3.8) is 0 Å². The van der Waals surface area contributed by atoms with Crippen molar-refractivity contribution in [2.24, 2.45) is 5.10 Å². The van der Waals surface area contributed by atoms with Crippen LogP contribution in [-0.2, 0) is 6.61 Å². The number of aromatic carboxylic acids is 1. The number of carbonyl (C=O) groups is 2. The summed E-state index contributed by atoms with van der Waals surface area (Å²) in [6.45, 7) is 0.338. The zero-order valence-corrected chi connectivity index (χ0v) is 15.0. The predicted molar refractivity (Wildman–Crippen MR) is 104 cm³/mol. The molecule has 0 unspecified atom stereocenters. The van der Waals surface area contributed by atoms with Crippen molar-refractivity contribution >= 4 is 29.4 Å². The molecule has 2 N–H and O–H groups in total. The van der Waals surface area contributed by atoms with E-state index in [1.54, 1.807) is 48.7 Å². The number of amides is 1. The highest BCUT2D eigenvalue weighted by atomic mass is 32.1. The first-order valence-corrected chi connectivity index (χ1v) is 8.92. The highest BCUT2D eigenvalue weighted by Crippen LogP contribution is 2.14. The molecule has 27 heavy (non-hydrogen) atoms. The van der Waals surface area contributed by atoms with Crippen LogP contribution in [0, 0.1) is 0 Å². The minimum atomic E-state index is -0.953. The van der Waals surface area contributed by atoms with E-state index >= 15 is 0 Å². The molecule has 0 atom stereocenters. The summed E-state index contributed by atoms with van der Waals surface area (Å²) >= 11 is 1.35. The van der Waals surface area contributed by atoms with Gasteiger partial charge in [-0.3, -0.25) is 4.79 Å². The maximum atomic E-state index is 11.8. The van der Waals surface area contributed by atoms with E-state index in [9.17, 15) is 9.59 Å². The monoisotopic (exact) mass is 380 g/mol. The summed E-state index contributed by atoms with van der Waals surface area (Å²) in [7, 11) is 0. The second-order valence-electron chi connectivity index (χ2n) is 5.54. The van der Waals surface area contributed by atoms with Crippen LogP contribution in [0.15, 0.2) is 71.1 Å². The highest BCUT2D eigenvalue weighted by molar-refractivity contribution is 7.12. The average Bonchev–Trinajstić information content (AvgIpc) is 3.22. The normalized spacial score (nSPS) is 10.7. The zero-order chi connectivity index (χ0) is 19.1. The van der Waals surface area contributed by atoms with Gasteiger partial charge in [-0.25, -0.2) is 10.2 Å². The Morgan fingerprint density at radius 3 is 2.44 bits per heavy atom. The maximum absolute atomic E-state index is 11.8. The molecule has 0 saturated carbocycles. The highest BCUT2D eigenvalue weighted by Gasteiger charge is 2.04. The number of benzene rings is 2. The van der Waals surface area contributed by atoms with Gasteiger partial charge in [-0.1, -0.05) is 18.2 Å². The third-order valence-electron chi connectivity index (χ3n) is 3.61. The first-order valence-electron chi connectivity index (χ1n) is 8.04. The van der Waals surface area contributed by atoms with Gasteiger partial charge in [-0.15, -0.1) is 11.3 Å². The lowest BCUT2D eigenvalue weighted by molar-refractivity contribution is 0.0696. The number of carboxylic acids is 1. The molecule has 2 aromatic carbocycles. The number of nitrogens with zero attached hydrogens (tertiary/aromatic N) is 1. The summed E-state index contributed by atoms with van der Waals surface area (Å²) in [5.41, 5.74) is 4.42. The molecule has 0 radical (unpaired) electrons. The van der Waals surface area contributed by atoms with Crippen LogP contribution in [0.25, 0.3) is 0 Å². The third-order valence-corrected chi connectivity index (χ3v) is 4.48. The van der Waals surface area contributed by atoms with Crippen molar-refractivity contribution in [1.82, 2.24) is 5.43 Å². The van der Waals surface area contributed by atoms with Gasteiger partial charge >= 0.3 is 5.97 Å². The van der Waals surface area contributed by atoms with Gasteiger partial charge in [0.15, 0.2) is 0 Å². The minimum Gasteiger partial charge on any atom is -0.489 e. The van der Waals surface area contributed by atoms with Gasteiger partial charge in [0.25, 0.3) is 5.91 Å². The summed E-state index contributed by atoms with van der Waals surface area (Å²) in [6, 6.07) is 17.3. The van der Waals surface area contributed by atoms with E-state index in [1.807, 2.05) is 23.6 Å². The zero-order valence-electron chi connectivity index (χ0n) is 14.2. The Labute approximate surface area is 159 Å². The van der Waals surface area contributed by atoms with E-state index in [0.717, 1.165) is 11.1 Å². The lowest BCUT2D eigenvalue weighted by atomic mass is 10.1. The molecular formula is C20H16N2O4S. The van der Waals surface area contributed by atoms with E-state index in [2.05, 4.69) is 10.5 Å². The van der Waals surface area contributed by atoms with Gasteiger partial charge in [0.2, 0.25) is 0 Å². The molecule has 0 saturated heterocycles. The largest absolute Gasteiger partial charge is 0.489 e. The SMILES string of the molecule is O=C(O)c1ccc(COc2ccc(/C=N\NC(=O)c3cccs3)cc2)cc1. The van der Waals surface area contributed by atoms with Gasteiger partial charge in [-0.2, -0.15) is 5.10 Å². The number of thiophene rings is 1. The van der Waals surface area contributed by atoms with Crippen LogP contribution in [0.4, 0.5) is 0 Å². The Morgan fingerprint density at radius 1 is 1.07 bits per heavy atom. The molecule has 0 spiro atoms. The molecule has 3 aromatic rings. The van der Waals surface area contributed by atoms with Gasteiger partial charge in [0.05, 0.1) is 16.7 Å². The van der Waals surface area contributed by atoms with Crippen molar-refractivity contribution in [1.29, 1.82) is 0 Å². The van der Waals surface area contributed by atoms with Crippen LogP contribution in [-0.4, -0.2) is 23.2 Å². The number of rotatable bonds is 7. The molecule has 1 heterocycles. The lowest BCUT2D eigenvalue weighted by Crippen LogP contribution is -2.16. The molecule has 0 fully saturated rings. The predicted octanol–water partition coefficient (Wildman–Crippen LogP) is 3.79. The van der Waals surface area contributed by atoms with Crippen molar-refractivity contribution in [2.45, 2.75) is 6.61 Å². The first-order chi connectivity index (χ1) is 13.1. The van der Waals surface area contributed by atoms with Crippen LogP contribution in [0.2, 0.25) is 0 Å². The van der Waals surface area contributed by atoms with Crippen molar-refractivity contribution in [2.75, 3.05) is 0 Å². The molecule has 0 bridgehead atoms. The van der Waals surface area contributed by atoms with E-state index in [-0.39, 0.29) is 11.5 Å². The molecule has 136 valence electrons. The molecule has 3 rings (SSSR count). The fourth-order valence-electron chi connectivity index (χ4n) is 2.19. The van der Waals surface area contributed by atoms with Gasteiger partial charge in [-0.05, 0) is 59.0 Å².